The average Bonchev–Trinajstić information content (AvgIpc) is 2.44. The van der Waals surface area contributed by atoms with E-state index >= 15 is 0 Å². The Balaban J connectivity index is 1.84. The number of nitrogens with one attached hydrogen (secondary N) is 1. The van der Waals surface area contributed by atoms with Crippen molar-refractivity contribution in [2.45, 2.75) is 39.2 Å². The predicted molar refractivity (Wildman–Crippen MR) is 77.1 cm³/mol. The minimum atomic E-state index is 0.308. The first-order valence-corrected chi connectivity index (χ1v) is 7.31. The highest BCUT2D eigenvalue weighted by Crippen LogP contribution is 2.29. The summed E-state index contributed by atoms with van der Waals surface area (Å²) in [6, 6.07) is 5.85. The van der Waals surface area contributed by atoms with Gasteiger partial charge < -0.3 is 15.5 Å². The number of hydrogen-bond acceptors (Lipinski definition) is 3. The molecule has 2 atom stereocenters. The van der Waals surface area contributed by atoms with E-state index in [1.165, 1.54) is 19.3 Å². The summed E-state index contributed by atoms with van der Waals surface area (Å²) < 4.78 is 0. The van der Waals surface area contributed by atoms with Crippen LogP contribution in [0.15, 0.2) is 18.2 Å². The standard InChI is InChI=1S/C16H25NO2/c1-12-5-4-8-14(16(12)19)10-17-9-13-6-2-3-7-15(13)11-18/h4-5,8,13,15,17-19H,2-3,6-7,9-11H2,1H3. The molecule has 3 N–H and O–H groups in total. The molecule has 0 bridgehead atoms. The normalized spacial score (nSPS) is 23.5. The SMILES string of the molecule is Cc1cccc(CNCC2CCCCC2CO)c1O. The van der Waals surface area contributed by atoms with Gasteiger partial charge in [-0.3, -0.25) is 0 Å². The summed E-state index contributed by atoms with van der Waals surface area (Å²) in [6.45, 7) is 3.85. The van der Waals surface area contributed by atoms with Gasteiger partial charge >= 0.3 is 0 Å². The first kappa shape index (κ1) is 14.4. The van der Waals surface area contributed by atoms with Crippen LogP contribution in [0.2, 0.25) is 0 Å². The van der Waals surface area contributed by atoms with Crippen LogP contribution in [-0.4, -0.2) is 23.4 Å². The Hall–Kier alpha value is -1.06. The molecule has 3 heteroatoms. The molecule has 1 saturated carbocycles. The summed E-state index contributed by atoms with van der Waals surface area (Å²) in [5.41, 5.74) is 1.88. The second-order valence-electron chi connectivity index (χ2n) is 5.70. The molecule has 0 radical (unpaired) electrons. The maximum Gasteiger partial charge on any atom is 0.122 e. The van der Waals surface area contributed by atoms with E-state index in [0.29, 0.717) is 30.7 Å². The molecule has 1 aliphatic rings. The van der Waals surface area contributed by atoms with E-state index in [0.717, 1.165) is 24.1 Å². The number of para-hydroxylation sites is 1. The van der Waals surface area contributed by atoms with Crippen molar-refractivity contribution in [2.24, 2.45) is 11.8 Å². The summed E-state index contributed by atoms with van der Waals surface area (Å²) in [4.78, 5) is 0. The van der Waals surface area contributed by atoms with Gasteiger partial charge in [-0.1, -0.05) is 31.0 Å². The molecule has 1 aromatic rings. The van der Waals surface area contributed by atoms with Crippen LogP contribution in [0.25, 0.3) is 0 Å². The zero-order valence-corrected chi connectivity index (χ0v) is 11.7. The molecule has 2 unspecified atom stereocenters. The van der Waals surface area contributed by atoms with Gasteiger partial charge in [-0.05, 0) is 43.7 Å². The maximum atomic E-state index is 9.95. The van der Waals surface area contributed by atoms with E-state index < -0.39 is 0 Å². The molecule has 2 rings (SSSR count). The number of benzene rings is 1. The first-order chi connectivity index (χ1) is 9.22. The van der Waals surface area contributed by atoms with Gasteiger partial charge in [0.2, 0.25) is 0 Å². The summed E-state index contributed by atoms with van der Waals surface area (Å²) >= 11 is 0. The molecule has 0 amide bonds. The maximum absolute atomic E-state index is 9.95. The van der Waals surface area contributed by atoms with Gasteiger partial charge in [0, 0.05) is 18.7 Å². The lowest BCUT2D eigenvalue weighted by Crippen LogP contribution is -2.32. The zero-order valence-electron chi connectivity index (χ0n) is 11.7. The quantitative estimate of drug-likeness (QED) is 0.765. The summed E-state index contributed by atoms with van der Waals surface area (Å²) in [7, 11) is 0. The van der Waals surface area contributed by atoms with E-state index in [-0.39, 0.29) is 0 Å². The van der Waals surface area contributed by atoms with Crippen molar-refractivity contribution in [3.8, 4) is 5.75 Å². The molecule has 1 aromatic carbocycles. The van der Waals surface area contributed by atoms with Crippen LogP contribution in [0.4, 0.5) is 0 Å². The van der Waals surface area contributed by atoms with Gasteiger partial charge in [0.25, 0.3) is 0 Å². The number of aliphatic hydroxyl groups excluding tert-OH is 1. The third-order valence-corrected chi connectivity index (χ3v) is 4.34. The molecule has 19 heavy (non-hydrogen) atoms. The van der Waals surface area contributed by atoms with Crippen molar-refractivity contribution in [3.63, 3.8) is 0 Å². The van der Waals surface area contributed by atoms with Gasteiger partial charge in [-0.2, -0.15) is 0 Å². The number of rotatable bonds is 5. The fraction of sp³-hybridized carbons (Fsp3) is 0.625. The Morgan fingerprint density at radius 1 is 1.21 bits per heavy atom. The van der Waals surface area contributed by atoms with Gasteiger partial charge in [0.15, 0.2) is 0 Å². The van der Waals surface area contributed by atoms with Crippen molar-refractivity contribution in [2.75, 3.05) is 13.2 Å². The largest absolute Gasteiger partial charge is 0.507 e. The summed E-state index contributed by atoms with van der Waals surface area (Å²) in [5, 5.41) is 22.8. The molecular formula is C16H25NO2. The Morgan fingerprint density at radius 2 is 1.95 bits per heavy atom. The highest BCUT2D eigenvalue weighted by Gasteiger charge is 2.23. The van der Waals surface area contributed by atoms with Crippen LogP contribution >= 0.6 is 0 Å². The molecule has 1 aliphatic carbocycles. The number of hydrogen-bond donors (Lipinski definition) is 3. The number of aliphatic hydroxyl groups is 1. The molecule has 106 valence electrons. The van der Waals surface area contributed by atoms with Gasteiger partial charge in [0.05, 0.1) is 0 Å². The Bertz CT molecular complexity index is 406. The highest BCUT2D eigenvalue weighted by atomic mass is 16.3. The van der Waals surface area contributed by atoms with Crippen molar-refractivity contribution in [1.29, 1.82) is 0 Å². The van der Waals surface area contributed by atoms with E-state index in [4.69, 9.17) is 0 Å². The smallest absolute Gasteiger partial charge is 0.122 e. The molecule has 0 saturated heterocycles. The lowest BCUT2D eigenvalue weighted by molar-refractivity contribution is 0.133. The van der Waals surface area contributed by atoms with Crippen molar-refractivity contribution >= 4 is 0 Å². The van der Waals surface area contributed by atoms with Crippen molar-refractivity contribution in [3.05, 3.63) is 29.3 Å². The highest BCUT2D eigenvalue weighted by molar-refractivity contribution is 5.39. The minimum absolute atomic E-state index is 0.308. The van der Waals surface area contributed by atoms with Crippen molar-refractivity contribution in [1.82, 2.24) is 5.32 Å². The van der Waals surface area contributed by atoms with E-state index in [1.807, 2.05) is 25.1 Å². The van der Waals surface area contributed by atoms with Crippen LogP contribution in [0.5, 0.6) is 5.75 Å². The molecular weight excluding hydrogens is 238 g/mol. The van der Waals surface area contributed by atoms with Crippen LogP contribution in [-0.2, 0) is 6.54 Å². The Morgan fingerprint density at radius 3 is 2.68 bits per heavy atom. The number of phenols is 1. The fourth-order valence-corrected chi connectivity index (χ4v) is 3.05. The van der Waals surface area contributed by atoms with Gasteiger partial charge in [-0.25, -0.2) is 0 Å². The second kappa shape index (κ2) is 6.92. The minimum Gasteiger partial charge on any atom is -0.507 e. The number of phenolic OH excluding ortho intramolecular Hbond substituents is 1. The van der Waals surface area contributed by atoms with Gasteiger partial charge in [-0.15, -0.1) is 0 Å². The Kier molecular flexibility index (Phi) is 5.23. The second-order valence-corrected chi connectivity index (χ2v) is 5.70. The van der Waals surface area contributed by atoms with Crippen LogP contribution in [0, 0.1) is 18.8 Å². The molecule has 3 nitrogen and oxygen atoms in total. The molecule has 0 spiro atoms. The van der Waals surface area contributed by atoms with Crippen molar-refractivity contribution < 1.29 is 10.2 Å². The predicted octanol–water partition coefficient (Wildman–Crippen LogP) is 2.59. The number of aromatic hydroxyl groups is 1. The Labute approximate surface area is 115 Å². The lowest BCUT2D eigenvalue weighted by atomic mass is 9.79. The van der Waals surface area contributed by atoms with Crippen LogP contribution in [0.3, 0.4) is 0 Å². The monoisotopic (exact) mass is 263 g/mol. The third-order valence-electron chi connectivity index (χ3n) is 4.34. The molecule has 0 heterocycles. The first-order valence-electron chi connectivity index (χ1n) is 7.31. The lowest BCUT2D eigenvalue weighted by Gasteiger charge is -2.30. The summed E-state index contributed by atoms with van der Waals surface area (Å²) in [5.74, 6) is 1.43. The third kappa shape index (κ3) is 3.71. The molecule has 1 fully saturated rings. The fourth-order valence-electron chi connectivity index (χ4n) is 3.05. The number of aryl methyl sites for hydroxylation is 1. The summed E-state index contributed by atoms with van der Waals surface area (Å²) in [6.07, 6.45) is 4.88. The van der Waals surface area contributed by atoms with E-state index in [2.05, 4.69) is 5.32 Å². The van der Waals surface area contributed by atoms with Crippen LogP contribution in [0.1, 0.15) is 36.8 Å². The van der Waals surface area contributed by atoms with Gasteiger partial charge in [0.1, 0.15) is 5.75 Å². The van der Waals surface area contributed by atoms with E-state index in [9.17, 15) is 10.2 Å². The zero-order chi connectivity index (χ0) is 13.7. The molecule has 0 aromatic heterocycles. The van der Waals surface area contributed by atoms with Crippen LogP contribution < -0.4 is 5.32 Å². The topological polar surface area (TPSA) is 52.5 Å². The average molecular weight is 263 g/mol. The molecule has 0 aliphatic heterocycles. The van der Waals surface area contributed by atoms with E-state index in [1.54, 1.807) is 0 Å².